The summed E-state index contributed by atoms with van der Waals surface area (Å²) < 4.78 is 39.0. The number of halogens is 2. The summed E-state index contributed by atoms with van der Waals surface area (Å²) in [5.41, 5.74) is -0.959. The predicted octanol–water partition coefficient (Wildman–Crippen LogP) is 3.00. The first kappa shape index (κ1) is 17.2. The SMILES string of the molecule is COc1cc(OC)c(F)c(-c2cc3cnc(SC)nc3c(=O)[nH]2)c1F. The number of methoxy groups -OCH3 is 2. The minimum absolute atomic E-state index is 0.0646. The molecule has 1 N–H and O–H groups in total. The summed E-state index contributed by atoms with van der Waals surface area (Å²) in [5, 5.41) is 0.781. The molecular weight excluding hydrogens is 352 g/mol. The molecule has 0 aliphatic heterocycles. The first-order valence-electron chi connectivity index (χ1n) is 7.04. The summed E-state index contributed by atoms with van der Waals surface area (Å²) in [5.74, 6) is -2.30. The summed E-state index contributed by atoms with van der Waals surface area (Å²) in [6.45, 7) is 0. The third-order valence-corrected chi connectivity index (χ3v) is 4.15. The molecule has 130 valence electrons. The number of fused-ring (bicyclic) bond motifs is 1. The highest BCUT2D eigenvalue weighted by atomic mass is 32.2. The lowest BCUT2D eigenvalue weighted by Crippen LogP contribution is -2.11. The van der Waals surface area contributed by atoms with Gasteiger partial charge in [-0.1, -0.05) is 11.8 Å². The molecule has 0 aliphatic carbocycles. The van der Waals surface area contributed by atoms with Crippen molar-refractivity contribution in [2.45, 2.75) is 5.16 Å². The van der Waals surface area contributed by atoms with Gasteiger partial charge in [0.25, 0.3) is 5.56 Å². The highest BCUT2D eigenvalue weighted by Gasteiger charge is 2.22. The number of H-pyrrole nitrogens is 1. The van der Waals surface area contributed by atoms with Crippen LogP contribution in [0.5, 0.6) is 11.5 Å². The van der Waals surface area contributed by atoms with Crippen molar-refractivity contribution < 1.29 is 18.3 Å². The molecule has 0 spiro atoms. The summed E-state index contributed by atoms with van der Waals surface area (Å²) in [6.07, 6.45) is 3.21. The molecule has 9 heteroatoms. The predicted molar refractivity (Wildman–Crippen MR) is 90.4 cm³/mol. The van der Waals surface area contributed by atoms with E-state index in [4.69, 9.17) is 9.47 Å². The Kier molecular flexibility index (Phi) is 4.58. The molecule has 0 unspecified atom stereocenters. The molecule has 0 atom stereocenters. The van der Waals surface area contributed by atoms with Crippen LogP contribution in [0.3, 0.4) is 0 Å². The Morgan fingerprint density at radius 3 is 2.32 bits per heavy atom. The van der Waals surface area contributed by atoms with Crippen LogP contribution in [0.4, 0.5) is 8.78 Å². The number of nitrogens with one attached hydrogen (secondary N) is 1. The molecule has 3 rings (SSSR count). The first-order valence-corrected chi connectivity index (χ1v) is 8.27. The van der Waals surface area contributed by atoms with Gasteiger partial charge in [0, 0.05) is 17.6 Å². The zero-order chi connectivity index (χ0) is 18.1. The molecule has 0 saturated heterocycles. The van der Waals surface area contributed by atoms with E-state index in [-0.39, 0.29) is 22.7 Å². The lowest BCUT2D eigenvalue weighted by Gasteiger charge is -2.13. The smallest absolute Gasteiger partial charge is 0.275 e. The number of aromatic amines is 1. The van der Waals surface area contributed by atoms with Gasteiger partial charge in [-0.2, -0.15) is 0 Å². The minimum atomic E-state index is -0.947. The van der Waals surface area contributed by atoms with E-state index in [1.54, 1.807) is 6.26 Å². The fraction of sp³-hybridized carbons (Fsp3) is 0.188. The van der Waals surface area contributed by atoms with Gasteiger partial charge in [-0.15, -0.1) is 0 Å². The fourth-order valence-corrected chi connectivity index (χ4v) is 2.73. The Morgan fingerprint density at radius 1 is 1.12 bits per heavy atom. The van der Waals surface area contributed by atoms with Crippen molar-refractivity contribution in [3.63, 3.8) is 0 Å². The second-order valence-electron chi connectivity index (χ2n) is 4.96. The number of rotatable bonds is 4. The maximum absolute atomic E-state index is 14.6. The normalized spacial score (nSPS) is 10.9. The second kappa shape index (κ2) is 6.67. The van der Waals surface area contributed by atoms with E-state index in [1.807, 2.05) is 0 Å². The Bertz CT molecular complexity index is 995. The van der Waals surface area contributed by atoms with Crippen molar-refractivity contribution in [1.29, 1.82) is 0 Å². The summed E-state index contributed by atoms with van der Waals surface area (Å²) in [6, 6.07) is 2.50. The van der Waals surface area contributed by atoms with Gasteiger partial charge in [-0.05, 0) is 12.3 Å². The van der Waals surface area contributed by atoms with Crippen LogP contribution in [0.15, 0.2) is 28.3 Å². The fourth-order valence-electron chi connectivity index (χ4n) is 2.39. The lowest BCUT2D eigenvalue weighted by molar-refractivity contribution is 0.359. The molecule has 3 aromatic rings. The number of benzene rings is 1. The standard InChI is InChI=1S/C16H13F2N3O3S/c1-23-9-5-10(24-2)13(18)11(12(9)17)8-4-7-6-19-16(25-3)21-14(7)15(22)20-8/h4-6H,1-3H3,(H,20,22). The largest absolute Gasteiger partial charge is 0.494 e. The van der Waals surface area contributed by atoms with E-state index in [0.29, 0.717) is 10.5 Å². The van der Waals surface area contributed by atoms with E-state index < -0.39 is 22.8 Å². The zero-order valence-electron chi connectivity index (χ0n) is 13.5. The van der Waals surface area contributed by atoms with Crippen LogP contribution in [0.1, 0.15) is 0 Å². The van der Waals surface area contributed by atoms with Crippen LogP contribution in [-0.4, -0.2) is 35.4 Å². The van der Waals surface area contributed by atoms with Crippen molar-refractivity contribution in [2.75, 3.05) is 20.5 Å². The van der Waals surface area contributed by atoms with Gasteiger partial charge in [-0.3, -0.25) is 4.79 Å². The van der Waals surface area contributed by atoms with Crippen LogP contribution in [0.2, 0.25) is 0 Å². The Morgan fingerprint density at radius 2 is 1.76 bits per heavy atom. The number of hydrogen-bond acceptors (Lipinski definition) is 6. The zero-order valence-corrected chi connectivity index (χ0v) is 14.3. The van der Waals surface area contributed by atoms with Gasteiger partial charge in [-0.25, -0.2) is 18.7 Å². The summed E-state index contributed by atoms with van der Waals surface area (Å²) >= 11 is 1.28. The minimum Gasteiger partial charge on any atom is -0.494 e. The number of hydrogen-bond donors (Lipinski definition) is 1. The maximum Gasteiger partial charge on any atom is 0.275 e. The van der Waals surface area contributed by atoms with Gasteiger partial charge in [0.05, 0.1) is 25.5 Å². The Balaban J connectivity index is 2.32. The Hall–Kier alpha value is -2.68. The van der Waals surface area contributed by atoms with Gasteiger partial charge >= 0.3 is 0 Å². The average Bonchev–Trinajstić information content (AvgIpc) is 2.62. The number of nitrogens with zero attached hydrogens (tertiary/aromatic N) is 2. The van der Waals surface area contributed by atoms with Crippen LogP contribution >= 0.6 is 11.8 Å². The number of aromatic nitrogens is 3. The van der Waals surface area contributed by atoms with Crippen molar-refractivity contribution in [3.8, 4) is 22.8 Å². The highest BCUT2D eigenvalue weighted by molar-refractivity contribution is 7.98. The number of thioether (sulfide) groups is 1. The van der Waals surface area contributed by atoms with E-state index in [0.717, 1.165) is 6.07 Å². The average molecular weight is 365 g/mol. The molecule has 0 saturated carbocycles. The van der Waals surface area contributed by atoms with Crippen molar-refractivity contribution >= 4 is 22.7 Å². The van der Waals surface area contributed by atoms with Gasteiger partial charge in [0.15, 0.2) is 28.3 Å². The molecule has 25 heavy (non-hydrogen) atoms. The second-order valence-corrected chi connectivity index (χ2v) is 5.73. The topological polar surface area (TPSA) is 77.1 Å². The molecule has 0 amide bonds. The van der Waals surface area contributed by atoms with Gasteiger partial charge in [0.2, 0.25) is 0 Å². The van der Waals surface area contributed by atoms with Crippen molar-refractivity contribution in [3.05, 3.63) is 40.3 Å². The molecule has 0 fully saturated rings. The van der Waals surface area contributed by atoms with E-state index in [1.165, 1.54) is 38.2 Å². The van der Waals surface area contributed by atoms with E-state index in [9.17, 15) is 13.6 Å². The first-order chi connectivity index (χ1) is 12.0. The van der Waals surface area contributed by atoms with Crippen molar-refractivity contribution in [1.82, 2.24) is 15.0 Å². The van der Waals surface area contributed by atoms with Crippen LogP contribution < -0.4 is 15.0 Å². The number of ether oxygens (including phenoxy) is 2. The van der Waals surface area contributed by atoms with Crippen LogP contribution in [0.25, 0.3) is 22.2 Å². The molecule has 2 aromatic heterocycles. The molecule has 0 aliphatic rings. The van der Waals surface area contributed by atoms with Gasteiger partial charge in [0.1, 0.15) is 5.52 Å². The van der Waals surface area contributed by atoms with E-state index >= 15 is 0 Å². The maximum atomic E-state index is 14.6. The lowest BCUT2D eigenvalue weighted by atomic mass is 10.1. The number of pyridine rings is 1. The third kappa shape index (κ3) is 2.91. The van der Waals surface area contributed by atoms with Crippen molar-refractivity contribution in [2.24, 2.45) is 0 Å². The molecular formula is C16H13F2N3O3S. The van der Waals surface area contributed by atoms with E-state index in [2.05, 4.69) is 15.0 Å². The van der Waals surface area contributed by atoms with Crippen LogP contribution in [0, 0.1) is 11.6 Å². The quantitative estimate of drug-likeness (QED) is 0.566. The molecule has 0 bridgehead atoms. The molecule has 2 heterocycles. The Labute approximate surface area is 145 Å². The molecule has 1 aromatic carbocycles. The molecule has 0 radical (unpaired) electrons. The summed E-state index contributed by atoms with van der Waals surface area (Å²) in [4.78, 5) is 23.0. The highest BCUT2D eigenvalue weighted by Crippen LogP contribution is 2.37. The third-order valence-electron chi connectivity index (χ3n) is 3.58. The van der Waals surface area contributed by atoms with Gasteiger partial charge < -0.3 is 14.5 Å². The van der Waals surface area contributed by atoms with Crippen LogP contribution in [-0.2, 0) is 0 Å². The monoisotopic (exact) mass is 365 g/mol. The summed E-state index contributed by atoms with van der Waals surface area (Å²) in [7, 11) is 2.50. The molecule has 6 nitrogen and oxygen atoms in total.